The Morgan fingerprint density at radius 2 is 1.83 bits per heavy atom. The Kier molecular flexibility index (Phi) is 6.51. The van der Waals surface area contributed by atoms with Crippen molar-refractivity contribution < 1.29 is 27.9 Å². The molecule has 0 aromatic carbocycles. The first-order valence-electron chi connectivity index (χ1n) is 5.19. The van der Waals surface area contributed by atoms with E-state index in [0.717, 1.165) is 25.6 Å². The van der Waals surface area contributed by atoms with Gasteiger partial charge in [0.25, 0.3) is 0 Å². The molecule has 18 heavy (non-hydrogen) atoms. The molecule has 0 saturated carbocycles. The lowest BCUT2D eigenvalue weighted by molar-refractivity contribution is -0.213. The lowest BCUT2D eigenvalue weighted by Crippen LogP contribution is -2.38. The fraction of sp³-hybridized carbons (Fsp3) is 0.800. The number of amides is 1. The summed E-state index contributed by atoms with van der Waals surface area (Å²) in [5.74, 6) is -1.40. The number of hydrogen-bond donors (Lipinski definition) is 2. The lowest BCUT2D eigenvalue weighted by atomic mass is 9.88. The third-order valence-electron chi connectivity index (χ3n) is 2.16. The zero-order chi connectivity index (χ0) is 14.4. The highest BCUT2D eigenvalue weighted by Crippen LogP contribution is 2.40. The molecule has 0 unspecified atom stereocenters. The van der Waals surface area contributed by atoms with Crippen molar-refractivity contribution in [3.05, 3.63) is 0 Å². The van der Waals surface area contributed by atoms with Crippen LogP contribution in [0.25, 0.3) is 0 Å². The monoisotopic (exact) mass is 287 g/mol. The number of thioether (sulfide) groups is 1. The zero-order valence-corrected chi connectivity index (χ0v) is 11.0. The molecule has 0 aliphatic rings. The van der Waals surface area contributed by atoms with Gasteiger partial charge in [0.2, 0.25) is 5.91 Å². The molecule has 2 N–H and O–H groups in total. The highest BCUT2D eigenvalue weighted by Gasteiger charge is 2.48. The van der Waals surface area contributed by atoms with E-state index in [1.54, 1.807) is 0 Å². The summed E-state index contributed by atoms with van der Waals surface area (Å²) in [7, 11) is 0. The van der Waals surface area contributed by atoms with Gasteiger partial charge in [0.15, 0.2) is 0 Å². The van der Waals surface area contributed by atoms with Crippen LogP contribution in [0.1, 0.15) is 20.3 Å². The number of rotatable bonds is 7. The number of halogens is 3. The Bertz CT molecular complexity index is 305. The Morgan fingerprint density at radius 3 is 2.28 bits per heavy atom. The maximum atomic E-state index is 12.5. The Morgan fingerprint density at radius 1 is 1.28 bits per heavy atom. The second-order valence-corrected chi connectivity index (χ2v) is 5.46. The molecule has 0 aliphatic carbocycles. The van der Waals surface area contributed by atoms with Gasteiger partial charge in [0.1, 0.15) is 0 Å². The summed E-state index contributed by atoms with van der Waals surface area (Å²) < 4.78 is 37.4. The number of hydrogen-bond acceptors (Lipinski definition) is 3. The molecular weight excluding hydrogens is 271 g/mol. The molecule has 0 fully saturated rings. The van der Waals surface area contributed by atoms with Gasteiger partial charge in [-0.3, -0.25) is 9.59 Å². The number of carbonyl (C=O) groups excluding carboxylic acids is 1. The molecule has 0 bridgehead atoms. The first kappa shape index (κ1) is 17.1. The number of aliphatic carboxylic acids is 1. The van der Waals surface area contributed by atoms with E-state index in [2.05, 4.69) is 5.32 Å². The quantitative estimate of drug-likeness (QED) is 0.702. The van der Waals surface area contributed by atoms with Gasteiger partial charge in [-0.15, -0.1) is 11.8 Å². The lowest BCUT2D eigenvalue weighted by Gasteiger charge is -2.26. The van der Waals surface area contributed by atoms with Gasteiger partial charge < -0.3 is 10.4 Å². The summed E-state index contributed by atoms with van der Waals surface area (Å²) in [5, 5.41) is 10.7. The number of nitrogens with one attached hydrogen (secondary N) is 1. The molecule has 106 valence electrons. The summed E-state index contributed by atoms with van der Waals surface area (Å²) in [4.78, 5) is 21.4. The molecular formula is C10H16F3NO3S. The SMILES string of the molecule is CC(C)(CC(=O)NCCSCC(=O)O)C(F)(F)F. The van der Waals surface area contributed by atoms with Gasteiger partial charge in [-0.25, -0.2) is 0 Å². The first-order valence-corrected chi connectivity index (χ1v) is 6.35. The van der Waals surface area contributed by atoms with E-state index in [1.165, 1.54) is 0 Å². The molecule has 0 aromatic heterocycles. The second-order valence-electron chi connectivity index (χ2n) is 4.35. The van der Waals surface area contributed by atoms with Crippen molar-refractivity contribution in [3.8, 4) is 0 Å². The smallest absolute Gasteiger partial charge is 0.394 e. The summed E-state index contributed by atoms with van der Waals surface area (Å²) in [6.07, 6.45) is -5.07. The van der Waals surface area contributed by atoms with Crippen molar-refractivity contribution in [1.29, 1.82) is 0 Å². The van der Waals surface area contributed by atoms with E-state index in [-0.39, 0.29) is 12.3 Å². The predicted molar refractivity (Wildman–Crippen MR) is 62.4 cm³/mol. The second kappa shape index (κ2) is 6.86. The topological polar surface area (TPSA) is 66.4 Å². The van der Waals surface area contributed by atoms with E-state index in [9.17, 15) is 22.8 Å². The normalized spacial score (nSPS) is 12.3. The van der Waals surface area contributed by atoms with E-state index in [1.807, 2.05) is 0 Å². The fourth-order valence-electron chi connectivity index (χ4n) is 0.986. The average Bonchev–Trinajstić information content (AvgIpc) is 2.13. The molecule has 8 heteroatoms. The van der Waals surface area contributed by atoms with E-state index in [0.29, 0.717) is 5.75 Å². The van der Waals surface area contributed by atoms with Crippen LogP contribution >= 0.6 is 11.8 Å². The number of carboxylic acids is 1. The minimum absolute atomic E-state index is 0.0933. The van der Waals surface area contributed by atoms with Gasteiger partial charge >= 0.3 is 12.1 Å². The highest BCUT2D eigenvalue weighted by atomic mass is 32.2. The Balaban J connectivity index is 3.88. The van der Waals surface area contributed by atoms with Crippen LogP contribution in [0.3, 0.4) is 0 Å². The molecule has 0 spiro atoms. The molecule has 4 nitrogen and oxygen atoms in total. The van der Waals surface area contributed by atoms with Gasteiger partial charge in [-0.1, -0.05) is 13.8 Å². The van der Waals surface area contributed by atoms with E-state index < -0.39 is 29.9 Å². The van der Waals surface area contributed by atoms with Gasteiger partial charge in [0, 0.05) is 18.7 Å². The van der Waals surface area contributed by atoms with Gasteiger partial charge in [-0.05, 0) is 0 Å². The van der Waals surface area contributed by atoms with Crippen LogP contribution < -0.4 is 5.32 Å². The summed E-state index contributed by atoms with van der Waals surface area (Å²) in [6, 6.07) is 0. The number of alkyl halides is 3. The van der Waals surface area contributed by atoms with Crippen molar-refractivity contribution in [2.75, 3.05) is 18.1 Å². The van der Waals surface area contributed by atoms with Crippen molar-refractivity contribution >= 4 is 23.6 Å². The van der Waals surface area contributed by atoms with Crippen LogP contribution in [-0.2, 0) is 9.59 Å². The molecule has 0 saturated heterocycles. The van der Waals surface area contributed by atoms with Crippen LogP contribution in [-0.4, -0.2) is 41.2 Å². The first-order chi connectivity index (χ1) is 8.06. The van der Waals surface area contributed by atoms with Crippen molar-refractivity contribution in [2.24, 2.45) is 5.41 Å². The van der Waals surface area contributed by atoms with Crippen molar-refractivity contribution in [3.63, 3.8) is 0 Å². The summed E-state index contributed by atoms with van der Waals surface area (Å²) in [5.41, 5.74) is -2.06. The Labute approximate surface area is 107 Å². The van der Waals surface area contributed by atoms with Crippen LogP contribution in [0.15, 0.2) is 0 Å². The van der Waals surface area contributed by atoms with Gasteiger partial charge in [-0.2, -0.15) is 13.2 Å². The van der Waals surface area contributed by atoms with Gasteiger partial charge in [0.05, 0.1) is 11.2 Å². The molecule has 0 aromatic rings. The average molecular weight is 287 g/mol. The minimum Gasteiger partial charge on any atom is -0.481 e. The third kappa shape index (κ3) is 6.73. The molecule has 0 aliphatic heterocycles. The number of carboxylic acid groups (broad SMARTS) is 1. The standard InChI is InChI=1S/C10H16F3NO3S/c1-9(2,10(11,12)13)5-7(15)14-3-4-18-6-8(16)17/h3-6H2,1-2H3,(H,14,15)(H,16,17). The van der Waals surface area contributed by atoms with E-state index >= 15 is 0 Å². The maximum Gasteiger partial charge on any atom is 0.394 e. The summed E-state index contributed by atoms with van der Waals surface area (Å²) in [6.45, 7) is 2.09. The van der Waals surface area contributed by atoms with Crippen molar-refractivity contribution in [1.82, 2.24) is 5.32 Å². The van der Waals surface area contributed by atoms with Crippen LogP contribution in [0.4, 0.5) is 13.2 Å². The number of carbonyl (C=O) groups is 2. The summed E-state index contributed by atoms with van der Waals surface area (Å²) >= 11 is 1.09. The fourth-order valence-corrected chi connectivity index (χ4v) is 1.55. The maximum absolute atomic E-state index is 12.5. The molecule has 0 rings (SSSR count). The highest BCUT2D eigenvalue weighted by molar-refractivity contribution is 7.99. The molecule has 1 amide bonds. The van der Waals surface area contributed by atoms with Crippen LogP contribution in [0.5, 0.6) is 0 Å². The largest absolute Gasteiger partial charge is 0.481 e. The van der Waals surface area contributed by atoms with Crippen LogP contribution in [0, 0.1) is 5.41 Å². The van der Waals surface area contributed by atoms with Crippen LogP contribution in [0.2, 0.25) is 0 Å². The predicted octanol–water partition coefficient (Wildman–Crippen LogP) is 1.90. The van der Waals surface area contributed by atoms with E-state index in [4.69, 9.17) is 5.11 Å². The zero-order valence-electron chi connectivity index (χ0n) is 10.1. The molecule has 0 radical (unpaired) electrons. The Hall–Kier alpha value is -0.920. The minimum atomic E-state index is -4.43. The van der Waals surface area contributed by atoms with Crippen molar-refractivity contribution in [2.45, 2.75) is 26.4 Å². The third-order valence-corrected chi connectivity index (χ3v) is 3.11. The molecule has 0 heterocycles. The molecule has 0 atom stereocenters.